The second kappa shape index (κ2) is 7.86. The van der Waals surface area contributed by atoms with E-state index in [1.54, 1.807) is 0 Å². The maximum atomic E-state index is 6.12. The van der Waals surface area contributed by atoms with Gasteiger partial charge in [-0.2, -0.15) is 0 Å². The van der Waals surface area contributed by atoms with Gasteiger partial charge in [0.05, 0.1) is 0 Å². The summed E-state index contributed by atoms with van der Waals surface area (Å²) in [5.41, 5.74) is 1.03. The highest BCUT2D eigenvalue weighted by atomic mass is 79.9. The van der Waals surface area contributed by atoms with Crippen molar-refractivity contribution in [2.24, 2.45) is 0 Å². The Bertz CT molecular complexity index is 780. The molecule has 4 nitrogen and oxygen atoms in total. The van der Waals surface area contributed by atoms with E-state index in [0.29, 0.717) is 16.9 Å². The van der Waals surface area contributed by atoms with Gasteiger partial charge in [-0.3, -0.25) is 0 Å². The summed E-state index contributed by atoms with van der Waals surface area (Å²) >= 11 is 10.9. The van der Waals surface area contributed by atoms with Crippen LogP contribution in [0.5, 0.6) is 5.75 Å². The van der Waals surface area contributed by atoms with Crippen molar-refractivity contribution in [2.45, 2.75) is 17.6 Å². The number of nitrogens with zero attached hydrogens (tertiary/aromatic N) is 2. The molecule has 0 aliphatic heterocycles. The summed E-state index contributed by atoms with van der Waals surface area (Å²) in [6, 6.07) is 15.3. The van der Waals surface area contributed by atoms with Crippen LogP contribution in [0.25, 0.3) is 0 Å². The number of ether oxygens (including phenoxy) is 1. The summed E-state index contributed by atoms with van der Waals surface area (Å²) in [5, 5.41) is 9.22. The van der Waals surface area contributed by atoms with Crippen molar-refractivity contribution in [1.82, 2.24) is 10.2 Å². The van der Waals surface area contributed by atoms with Crippen LogP contribution in [0.3, 0.4) is 0 Å². The molecule has 0 radical (unpaired) electrons. The number of rotatable bonds is 6. The van der Waals surface area contributed by atoms with E-state index < -0.39 is 0 Å². The summed E-state index contributed by atoms with van der Waals surface area (Å²) in [6.07, 6.45) is 0. The Hall–Kier alpha value is -1.50. The fourth-order valence-corrected chi connectivity index (χ4v) is 3.12. The summed E-state index contributed by atoms with van der Waals surface area (Å²) in [4.78, 5) is 0. The van der Waals surface area contributed by atoms with Crippen LogP contribution >= 0.6 is 39.3 Å². The van der Waals surface area contributed by atoms with Gasteiger partial charge in [-0.1, -0.05) is 57.5 Å². The van der Waals surface area contributed by atoms with Crippen molar-refractivity contribution in [2.75, 3.05) is 0 Å². The van der Waals surface area contributed by atoms with Crippen molar-refractivity contribution < 1.29 is 9.15 Å². The molecule has 0 aliphatic rings. The molecule has 7 heteroatoms. The van der Waals surface area contributed by atoms with Crippen LogP contribution in [0, 0.1) is 0 Å². The van der Waals surface area contributed by atoms with Crippen molar-refractivity contribution in [3.8, 4) is 5.75 Å². The minimum absolute atomic E-state index is 0.237. The minimum atomic E-state index is 0.237. The van der Waals surface area contributed by atoms with Crippen LogP contribution < -0.4 is 4.74 Å². The van der Waals surface area contributed by atoms with Crippen LogP contribution in [-0.4, -0.2) is 10.2 Å². The summed E-state index contributed by atoms with van der Waals surface area (Å²) in [6.45, 7) is 0.237. The average molecular weight is 412 g/mol. The number of halogens is 2. The van der Waals surface area contributed by atoms with Gasteiger partial charge in [0.15, 0.2) is 6.61 Å². The van der Waals surface area contributed by atoms with E-state index in [9.17, 15) is 0 Å². The van der Waals surface area contributed by atoms with Crippen LogP contribution in [0.2, 0.25) is 5.02 Å². The first-order chi connectivity index (χ1) is 11.2. The van der Waals surface area contributed by atoms with Gasteiger partial charge in [0.25, 0.3) is 11.1 Å². The highest BCUT2D eigenvalue weighted by Gasteiger charge is 2.09. The van der Waals surface area contributed by atoms with Gasteiger partial charge in [-0.05, 0) is 35.9 Å². The molecule has 1 heterocycles. The van der Waals surface area contributed by atoms with Crippen molar-refractivity contribution in [1.29, 1.82) is 0 Å². The zero-order valence-corrected chi connectivity index (χ0v) is 15.1. The first kappa shape index (κ1) is 16.4. The molecule has 0 saturated heterocycles. The van der Waals surface area contributed by atoms with Gasteiger partial charge in [0, 0.05) is 15.2 Å². The fraction of sp³-hybridized carbons (Fsp3) is 0.125. The second-order valence-electron chi connectivity index (χ2n) is 4.58. The molecule has 1 aromatic heterocycles. The maximum Gasteiger partial charge on any atom is 0.277 e. The van der Waals surface area contributed by atoms with Crippen LogP contribution in [-0.2, 0) is 12.4 Å². The molecule has 3 aromatic rings. The van der Waals surface area contributed by atoms with E-state index in [1.165, 1.54) is 11.8 Å². The second-order valence-corrected chi connectivity index (χ2v) is 6.83. The third-order valence-electron chi connectivity index (χ3n) is 2.93. The number of aromatic nitrogens is 2. The lowest BCUT2D eigenvalue weighted by atomic mass is 10.2. The molecule has 0 amide bonds. The first-order valence-electron chi connectivity index (χ1n) is 6.77. The van der Waals surface area contributed by atoms with Crippen molar-refractivity contribution in [3.63, 3.8) is 0 Å². The Morgan fingerprint density at radius 1 is 1.09 bits per heavy atom. The van der Waals surface area contributed by atoms with E-state index in [2.05, 4.69) is 26.1 Å². The molecule has 0 spiro atoms. The molecule has 3 rings (SSSR count). The lowest BCUT2D eigenvalue weighted by Crippen LogP contribution is -1.95. The van der Waals surface area contributed by atoms with Crippen LogP contribution in [0.4, 0.5) is 0 Å². The van der Waals surface area contributed by atoms with Gasteiger partial charge in [0.1, 0.15) is 5.75 Å². The molecule has 118 valence electrons. The quantitative estimate of drug-likeness (QED) is 0.511. The number of hydrogen-bond acceptors (Lipinski definition) is 5. The van der Waals surface area contributed by atoms with Crippen LogP contribution in [0.15, 0.2) is 62.6 Å². The maximum absolute atomic E-state index is 6.12. The molecule has 0 bridgehead atoms. The Balaban J connectivity index is 1.53. The number of hydrogen-bond donors (Lipinski definition) is 0. The van der Waals surface area contributed by atoms with Gasteiger partial charge >= 0.3 is 0 Å². The molecule has 0 N–H and O–H groups in total. The fourth-order valence-electron chi connectivity index (χ4n) is 1.79. The Morgan fingerprint density at radius 2 is 1.87 bits per heavy atom. The van der Waals surface area contributed by atoms with Gasteiger partial charge in [-0.15, -0.1) is 10.2 Å². The number of thioether (sulfide) groups is 1. The first-order valence-corrected chi connectivity index (χ1v) is 8.93. The average Bonchev–Trinajstić information content (AvgIpc) is 3.02. The van der Waals surface area contributed by atoms with Gasteiger partial charge in [-0.25, -0.2) is 0 Å². The minimum Gasteiger partial charge on any atom is -0.484 e. The third-order valence-corrected chi connectivity index (χ3v) is 4.70. The highest BCUT2D eigenvalue weighted by Crippen LogP contribution is 2.26. The smallest absolute Gasteiger partial charge is 0.277 e. The summed E-state index contributed by atoms with van der Waals surface area (Å²) in [7, 11) is 0. The van der Waals surface area contributed by atoms with E-state index >= 15 is 0 Å². The molecular formula is C16H12BrClN2O2S. The molecule has 0 atom stereocenters. The Morgan fingerprint density at radius 3 is 2.65 bits per heavy atom. The molecule has 23 heavy (non-hydrogen) atoms. The molecule has 0 aliphatic carbocycles. The monoisotopic (exact) mass is 410 g/mol. The van der Waals surface area contributed by atoms with Gasteiger partial charge < -0.3 is 9.15 Å². The lowest BCUT2D eigenvalue weighted by Gasteiger charge is -2.02. The Kier molecular flexibility index (Phi) is 5.59. The van der Waals surface area contributed by atoms with E-state index in [-0.39, 0.29) is 6.61 Å². The van der Waals surface area contributed by atoms with Crippen molar-refractivity contribution >= 4 is 39.3 Å². The number of benzene rings is 2. The molecule has 0 unspecified atom stereocenters. The lowest BCUT2D eigenvalue weighted by molar-refractivity contribution is 0.252. The third kappa shape index (κ3) is 4.73. The largest absolute Gasteiger partial charge is 0.484 e. The molecule has 0 fully saturated rings. The molecular weight excluding hydrogens is 400 g/mol. The van der Waals surface area contributed by atoms with Crippen molar-refractivity contribution in [3.05, 3.63) is 69.5 Å². The zero-order valence-electron chi connectivity index (χ0n) is 11.9. The van der Waals surface area contributed by atoms with E-state index in [4.69, 9.17) is 20.8 Å². The Labute approximate surface area is 151 Å². The normalized spacial score (nSPS) is 10.7. The van der Waals surface area contributed by atoms with Crippen LogP contribution in [0.1, 0.15) is 11.5 Å². The SMILES string of the molecule is Clc1ccccc1CSc1nnc(COc2ccc(Br)cc2)o1. The molecule has 2 aromatic carbocycles. The predicted octanol–water partition coefficient (Wildman–Crippen LogP) is 5.36. The standard InChI is InChI=1S/C16H12BrClN2O2S/c17-12-5-7-13(8-6-12)21-9-15-19-20-16(22-15)23-10-11-3-1-2-4-14(11)18/h1-8H,9-10H2. The molecule has 0 saturated carbocycles. The summed E-state index contributed by atoms with van der Waals surface area (Å²) in [5.74, 6) is 1.86. The van der Waals surface area contributed by atoms with E-state index in [0.717, 1.165) is 20.8 Å². The predicted molar refractivity (Wildman–Crippen MR) is 93.8 cm³/mol. The van der Waals surface area contributed by atoms with E-state index in [1.807, 2.05) is 48.5 Å². The highest BCUT2D eigenvalue weighted by molar-refractivity contribution is 9.10. The zero-order chi connectivity index (χ0) is 16.1. The van der Waals surface area contributed by atoms with Gasteiger partial charge in [0.2, 0.25) is 0 Å². The topological polar surface area (TPSA) is 48.2 Å². The summed E-state index contributed by atoms with van der Waals surface area (Å²) < 4.78 is 12.1.